The van der Waals surface area contributed by atoms with Crippen LogP contribution in [-0.2, 0) is 11.2 Å². The zero-order valence-corrected chi connectivity index (χ0v) is 15.3. The van der Waals surface area contributed by atoms with Gasteiger partial charge in [-0.25, -0.2) is 9.50 Å². The highest BCUT2D eigenvalue weighted by molar-refractivity contribution is 5.92. The summed E-state index contributed by atoms with van der Waals surface area (Å²) < 4.78 is 1.90. The number of likely N-dealkylation sites (tertiary alicyclic amines) is 1. The molecule has 1 saturated heterocycles. The van der Waals surface area contributed by atoms with Crippen molar-refractivity contribution in [3.63, 3.8) is 0 Å². The van der Waals surface area contributed by atoms with Gasteiger partial charge in [0.25, 0.3) is 0 Å². The lowest BCUT2D eigenvalue weighted by Gasteiger charge is -2.29. The Balaban J connectivity index is 1.58. The van der Waals surface area contributed by atoms with Gasteiger partial charge in [0, 0.05) is 36.3 Å². The maximum absolute atomic E-state index is 12.5. The SMILES string of the molecule is Cc1nc2c3ccccc3nn2c(C)c1CCC(=O)N1CCC(O)CC1. The first-order chi connectivity index (χ1) is 12.5. The maximum atomic E-state index is 12.5. The number of carbonyl (C=O) groups excluding carboxylic acids is 1. The van der Waals surface area contributed by atoms with Gasteiger partial charge in [0.05, 0.1) is 11.6 Å². The number of amides is 1. The molecule has 3 heterocycles. The molecule has 1 amide bonds. The molecule has 0 atom stereocenters. The van der Waals surface area contributed by atoms with Crippen LogP contribution in [0.15, 0.2) is 24.3 Å². The number of nitrogens with zero attached hydrogens (tertiary/aromatic N) is 4. The molecule has 0 spiro atoms. The third-order valence-electron chi connectivity index (χ3n) is 5.42. The molecule has 1 aliphatic heterocycles. The van der Waals surface area contributed by atoms with Crippen molar-refractivity contribution in [1.29, 1.82) is 0 Å². The van der Waals surface area contributed by atoms with Crippen LogP contribution in [0.25, 0.3) is 16.6 Å². The molecular weight excluding hydrogens is 328 g/mol. The van der Waals surface area contributed by atoms with E-state index in [1.54, 1.807) is 0 Å². The second kappa shape index (κ2) is 6.68. The Morgan fingerprint density at radius 1 is 1.23 bits per heavy atom. The second-order valence-corrected chi connectivity index (χ2v) is 7.13. The average Bonchev–Trinajstić information content (AvgIpc) is 3.01. The van der Waals surface area contributed by atoms with Gasteiger partial charge in [-0.15, -0.1) is 0 Å². The molecule has 0 bridgehead atoms. The Kier molecular flexibility index (Phi) is 4.36. The molecule has 4 rings (SSSR count). The summed E-state index contributed by atoms with van der Waals surface area (Å²) in [6.07, 6.45) is 2.22. The molecule has 26 heavy (non-hydrogen) atoms. The van der Waals surface area contributed by atoms with Gasteiger partial charge in [-0.05, 0) is 50.8 Å². The number of aryl methyl sites for hydroxylation is 2. The smallest absolute Gasteiger partial charge is 0.222 e. The van der Waals surface area contributed by atoms with Crippen molar-refractivity contribution in [2.75, 3.05) is 13.1 Å². The van der Waals surface area contributed by atoms with E-state index in [2.05, 4.69) is 5.10 Å². The molecule has 0 radical (unpaired) electrons. The van der Waals surface area contributed by atoms with Crippen molar-refractivity contribution in [1.82, 2.24) is 19.5 Å². The molecule has 6 nitrogen and oxygen atoms in total. The van der Waals surface area contributed by atoms with Crippen molar-refractivity contribution in [2.45, 2.75) is 45.6 Å². The van der Waals surface area contributed by atoms with Crippen LogP contribution < -0.4 is 0 Å². The van der Waals surface area contributed by atoms with Gasteiger partial charge in [0.15, 0.2) is 5.65 Å². The van der Waals surface area contributed by atoms with Crippen LogP contribution in [-0.4, -0.2) is 49.7 Å². The lowest BCUT2D eigenvalue weighted by atomic mass is 10.0. The molecule has 1 aliphatic rings. The number of aliphatic hydroxyl groups excluding tert-OH is 1. The van der Waals surface area contributed by atoms with Gasteiger partial charge in [0.1, 0.15) is 0 Å². The fourth-order valence-electron chi connectivity index (χ4n) is 3.84. The number of aromatic nitrogens is 3. The van der Waals surface area contributed by atoms with E-state index in [1.165, 1.54) is 0 Å². The van der Waals surface area contributed by atoms with Crippen LogP contribution in [0, 0.1) is 13.8 Å². The van der Waals surface area contributed by atoms with Crippen LogP contribution in [0.5, 0.6) is 0 Å². The van der Waals surface area contributed by atoms with Gasteiger partial charge in [-0.3, -0.25) is 4.79 Å². The summed E-state index contributed by atoms with van der Waals surface area (Å²) in [5.74, 6) is 0.154. The van der Waals surface area contributed by atoms with Crippen molar-refractivity contribution in [3.8, 4) is 0 Å². The summed E-state index contributed by atoms with van der Waals surface area (Å²) >= 11 is 0. The predicted molar refractivity (Wildman–Crippen MR) is 100 cm³/mol. The summed E-state index contributed by atoms with van der Waals surface area (Å²) in [7, 11) is 0. The van der Waals surface area contributed by atoms with E-state index < -0.39 is 0 Å². The number of benzene rings is 1. The fourth-order valence-corrected chi connectivity index (χ4v) is 3.84. The van der Waals surface area contributed by atoms with Crippen LogP contribution in [0.2, 0.25) is 0 Å². The first-order valence-electron chi connectivity index (χ1n) is 9.24. The molecule has 6 heteroatoms. The number of piperidine rings is 1. The van der Waals surface area contributed by atoms with Crippen LogP contribution >= 0.6 is 0 Å². The van der Waals surface area contributed by atoms with Crippen molar-refractivity contribution in [3.05, 3.63) is 41.2 Å². The number of hydrogen-bond donors (Lipinski definition) is 1. The van der Waals surface area contributed by atoms with Crippen molar-refractivity contribution >= 4 is 22.5 Å². The molecule has 1 N–H and O–H groups in total. The Bertz CT molecular complexity index is 971. The standard InChI is InChI=1S/C20H24N4O2/c1-13-16(7-8-19(26)23-11-9-15(25)10-12-23)14(2)24-20(21-13)17-5-3-4-6-18(17)22-24/h3-6,15,25H,7-12H2,1-2H3. The molecule has 1 aromatic carbocycles. The number of hydrogen-bond acceptors (Lipinski definition) is 4. The zero-order valence-electron chi connectivity index (χ0n) is 15.3. The Hall–Kier alpha value is -2.47. The van der Waals surface area contributed by atoms with E-state index in [4.69, 9.17) is 4.98 Å². The molecule has 2 aromatic heterocycles. The van der Waals surface area contributed by atoms with E-state index in [-0.39, 0.29) is 12.0 Å². The van der Waals surface area contributed by atoms with Crippen LogP contribution in [0.3, 0.4) is 0 Å². The monoisotopic (exact) mass is 352 g/mol. The predicted octanol–water partition coefficient (Wildman–Crippen LogP) is 2.42. The van der Waals surface area contributed by atoms with Crippen LogP contribution in [0.4, 0.5) is 0 Å². The zero-order chi connectivity index (χ0) is 18.3. The molecule has 0 aliphatic carbocycles. The highest BCUT2D eigenvalue weighted by Crippen LogP contribution is 2.23. The fraction of sp³-hybridized carbons (Fsp3) is 0.450. The largest absolute Gasteiger partial charge is 0.393 e. The van der Waals surface area contributed by atoms with Crippen molar-refractivity contribution in [2.24, 2.45) is 0 Å². The third-order valence-corrected chi connectivity index (χ3v) is 5.42. The molecule has 136 valence electrons. The lowest BCUT2D eigenvalue weighted by molar-refractivity contribution is -0.133. The van der Waals surface area contributed by atoms with Gasteiger partial charge in [0.2, 0.25) is 5.91 Å². The quantitative estimate of drug-likeness (QED) is 0.786. The summed E-state index contributed by atoms with van der Waals surface area (Å²) in [6, 6.07) is 8.01. The molecule has 3 aromatic rings. The van der Waals surface area contributed by atoms with E-state index in [1.807, 2.05) is 47.5 Å². The summed E-state index contributed by atoms with van der Waals surface area (Å²) in [5, 5.41) is 15.3. The van der Waals surface area contributed by atoms with Gasteiger partial charge in [-0.1, -0.05) is 12.1 Å². The number of fused-ring (bicyclic) bond motifs is 3. The summed E-state index contributed by atoms with van der Waals surface area (Å²) in [4.78, 5) is 19.1. The minimum Gasteiger partial charge on any atom is -0.393 e. The third kappa shape index (κ3) is 2.94. The molecular formula is C20H24N4O2. The highest BCUT2D eigenvalue weighted by Gasteiger charge is 2.22. The first kappa shape index (κ1) is 17.0. The molecule has 0 unspecified atom stereocenters. The Labute approximate surface area is 152 Å². The summed E-state index contributed by atoms with van der Waals surface area (Å²) in [5.41, 5.74) is 4.90. The summed E-state index contributed by atoms with van der Waals surface area (Å²) in [6.45, 7) is 5.36. The van der Waals surface area contributed by atoms with Gasteiger partial charge < -0.3 is 10.0 Å². The number of aliphatic hydroxyl groups is 1. The van der Waals surface area contributed by atoms with Gasteiger partial charge >= 0.3 is 0 Å². The Morgan fingerprint density at radius 3 is 2.73 bits per heavy atom. The van der Waals surface area contributed by atoms with E-state index in [0.29, 0.717) is 38.8 Å². The number of carbonyl (C=O) groups is 1. The Morgan fingerprint density at radius 2 is 1.96 bits per heavy atom. The van der Waals surface area contributed by atoms with Crippen molar-refractivity contribution < 1.29 is 9.90 Å². The highest BCUT2D eigenvalue weighted by atomic mass is 16.3. The second-order valence-electron chi connectivity index (χ2n) is 7.13. The lowest BCUT2D eigenvalue weighted by Crippen LogP contribution is -2.40. The topological polar surface area (TPSA) is 70.7 Å². The van der Waals surface area contributed by atoms with E-state index in [0.717, 1.165) is 33.5 Å². The minimum absolute atomic E-state index is 0.154. The van der Waals surface area contributed by atoms with Gasteiger partial charge in [-0.2, -0.15) is 5.10 Å². The first-order valence-corrected chi connectivity index (χ1v) is 9.24. The van der Waals surface area contributed by atoms with E-state index in [9.17, 15) is 9.90 Å². The van der Waals surface area contributed by atoms with E-state index >= 15 is 0 Å². The molecule has 1 fully saturated rings. The maximum Gasteiger partial charge on any atom is 0.222 e. The van der Waals surface area contributed by atoms with Crippen LogP contribution in [0.1, 0.15) is 36.2 Å². The average molecular weight is 352 g/mol. The molecule has 0 saturated carbocycles. The minimum atomic E-state index is -0.260. The normalized spacial score (nSPS) is 15.9. The number of rotatable bonds is 3.